The molecule has 6 N–H and O–H groups in total. The maximum absolute atomic E-state index is 13.1. The molecule has 3 amide bonds. The number of benzene rings is 1. The van der Waals surface area contributed by atoms with Gasteiger partial charge in [0.05, 0.1) is 12.1 Å². The van der Waals surface area contributed by atoms with Gasteiger partial charge in [-0.1, -0.05) is 45.9 Å². The summed E-state index contributed by atoms with van der Waals surface area (Å²) < 4.78 is 0. The minimum Gasteiger partial charge on any atom is -0.361 e. The van der Waals surface area contributed by atoms with Crippen molar-refractivity contribution in [1.29, 1.82) is 0 Å². The lowest BCUT2D eigenvalue weighted by Crippen LogP contribution is -2.53. The highest BCUT2D eigenvalue weighted by atomic mass is 16.2. The number of carbonyl (C=O) groups excluding carboxylic acids is 3. The molecule has 8 heteroatoms. The highest BCUT2D eigenvalue weighted by Crippen LogP contribution is 2.20. The average Bonchev–Trinajstić information content (AvgIpc) is 3.11. The second kappa shape index (κ2) is 11.5. The molecule has 31 heavy (non-hydrogen) atoms. The normalized spacial score (nSPS) is 13.4. The molecule has 0 spiro atoms. The zero-order valence-corrected chi connectivity index (χ0v) is 18.8. The number of aromatic amines is 1. The molecule has 0 aliphatic rings. The Kier molecular flexibility index (Phi) is 9.05. The molecule has 1 aromatic carbocycles. The summed E-state index contributed by atoms with van der Waals surface area (Å²) in [5.41, 5.74) is 7.09. The Morgan fingerprint density at radius 1 is 1.06 bits per heavy atom. The second-order valence-electron chi connectivity index (χ2n) is 8.49. The average molecular weight is 430 g/mol. The molecule has 0 aliphatic heterocycles. The minimum atomic E-state index is -0.619. The number of primary amides is 1. The zero-order chi connectivity index (χ0) is 23.0. The van der Waals surface area contributed by atoms with Gasteiger partial charge in [-0.2, -0.15) is 0 Å². The van der Waals surface area contributed by atoms with E-state index in [1.807, 2.05) is 58.2 Å². The first-order valence-corrected chi connectivity index (χ1v) is 10.9. The molecular weight excluding hydrogens is 394 g/mol. The molecule has 0 saturated heterocycles. The van der Waals surface area contributed by atoms with Gasteiger partial charge in [-0.15, -0.1) is 0 Å². The molecule has 0 fully saturated rings. The van der Waals surface area contributed by atoms with Crippen molar-refractivity contribution < 1.29 is 14.4 Å². The molecule has 1 aromatic heterocycles. The third-order valence-electron chi connectivity index (χ3n) is 5.15. The van der Waals surface area contributed by atoms with Crippen LogP contribution in [0.5, 0.6) is 0 Å². The highest BCUT2D eigenvalue weighted by Gasteiger charge is 2.28. The van der Waals surface area contributed by atoms with Gasteiger partial charge in [0.1, 0.15) is 0 Å². The highest BCUT2D eigenvalue weighted by molar-refractivity contribution is 5.93. The van der Waals surface area contributed by atoms with Crippen LogP contribution >= 0.6 is 0 Å². The Morgan fingerprint density at radius 2 is 1.77 bits per heavy atom. The van der Waals surface area contributed by atoms with Crippen LogP contribution in [0.2, 0.25) is 0 Å². The van der Waals surface area contributed by atoms with Crippen molar-refractivity contribution >= 4 is 28.6 Å². The summed E-state index contributed by atoms with van der Waals surface area (Å²) in [5.74, 6) is -0.421. The Labute approximate surface area is 183 Å². The predicted molar refractivity (Wildman–Crippen MR) is 123 cm³/mol. The number of nitrogens with two attached hydrogens (primary N) is 1. The van der Waals surface area contributed by atoms with E-state index in [-0.39, 0.29) is 23.7 Å². The third-order valence-corrected chi connectivity index (χ3v) is 5.15. The van der Waals surface area contributed by atoms with Gasteiger partial charge in [0, 0.05) is 42.0 Å². The number of para-hydroxylation sites is 1. The van der Waals surface area contributed by atoms with Crippen LogP contribution in [0.3, 0.4) is 0 Å². The van der Waals surface area contributed by atoms with E-state index in [4.69, 9.17) is 5.73 Å². The number of hydrogen-bond donors (Lipinski definition) is 5. The number of amides is 3. The van der Waals surface area contributed by atoms with Crippen LogP contribution in [0.1, 0.15) is 46.1 Å². The van der Waals surface area contributed by atoms with Crippen LogP contribution in [0.4, 0.5) is 4.79 Å². The summed E-state index contributed by atoms with van der Waals surface area (Å²) in [7, 11) is 0. The van der Waals surface area contributed by atoms with Gasteiger partial charge in [-0.25, -0.2) is 4.79 Å². The van der Waals surface area contributed by atoms with Crippen molar-refractivity contribution in [3.63, 3.8) is 0 Å². The van der Waals surface area contributed by atoms with Gasteiger partial charge in [0.2, 0.25) is 5.91 Å². The molecule has 0 radical (unpaired) electrons. The Balaban J connectivity index is 2.13. The van der Waals surface area contributed by atoms with E-state index in [2.05, 4.69) is 20.9 Å². The van der Waals surface area contributed by atoms with Gasteiger partial charge >= 0.3 is 6.03 Å². The fourth-order valence-corrected chi connectivity index (χ4v) is 3.63. The number of carbonyl (C=O) groups is 3. The van der Waals surface area contributed by atoms with E-state index in [1.165, 1.54) is 0 Å². The van der Waals surface area contributed by atoms with E-state index in [1.54, 1.807) is 0 Å². The van der Waals surface area contributed by atoms with Crippen molar-refractivity contribution in [3.8, 4) is 0 Å². The summed E-state index contributed by atoms with van der Waals surface area (Å²) in [6.07, 6.45) is 3.42. The molecule has 2 rings (SSSR count). The number of H-pyrrole nitrogens is 1. The lowest BCUT2D eigenvalue weighted by Gasteiger charge is -2.25. The number of Topliss-reactive ketones (excluding diaryl/α,β-unsaturated/α-hetero) is 1. The number of fused-ring (bicyclic) bond motifs is 1. The topological polar surface area (TPSA) is 129 Å². The Morgan fingerprint density at radius 3 is 2.42 bits per heavy atom. The Hall–Kier alpha value is -2.87. The van der Waals surface area contributed by atoms with Crippen molar-refractivity contribution in [3.05, 3.63) is 36.0 Å². The third kappa shape index (κ3) is 7.40. The lowest BCUT2D eigenvalue weighted by atomic mass is 9.95. The quantitative estimate of drug-likeness (QED) is 0.331. The molecule has 0 unspecified atom stereocenters. The fraction of sp³-hybridized carbons (Fsp3) is 0.522. The fourth-order valence-electron chi connectivity index (χ4n) is 3.63. The van der Waals surface area contributed by atoms with E-state index in [9.17, 15) is 14.4 Å². The van der Waals surface area contributed by atoms with Crippen LogP contribution in [-0.4, -0.2) is 47.4 Å². The first-order valence-electron chi connectivity index (χ1n) is 10.9. The van der Waals surface area contributed by atoms with Gasteiger partial charge in [0.25, 0.3) is 0 Å². The first kappa shape index (κ1) is 24.4. The second-order valence-corrected chi connectivity index (χ2v) is 8.49. The number of nitrogens with one attached hydrogen (secondary N) is 4. The Bertz CT molecular complexity index is 890. The molecule has 0 bridgehead atoms. The zero-order valence-electron chi connectivity index (χ0n) is 18.8. The summed E-state index contributed by atoms with van der Waals surface area (Å²) in [6.45, 7) is 8.00. The van der Waals surface area contributed by atoms with Crippen molar-refractivity contribution in [2.75, 3.05) is 6.54 Å². The van der Waals surface area contributed by atoms with Gasteiger partial charge < -0.3 is 26.7 Å². The monoisotopic (exact) mass is 429 g/mol. The molecule has 2 aromatic rings. The summed E-state index contributed by atoms with van der Waals surface area (Å²) in [4.78, 5) is 40.1. The standard InChI is InChI=1S/C23H35N5O3/c1-14(2)21(29)20(12-16-13-26-18-9-6-5-8-17(16)18)28-22(30)19(27-15(3)4)10-7-11-25-23(24)31/h5-6,8-9,13-15,19-20,26-27H,7,10-12H2,1-4H3,(H,28,30)(H3,24,25,31)/t19-,20-/m0/s1. The van der Waals surface area contributed by atoms with E-state index < -0.39 is 18.1 Å². The summed E-state index contributed by atoms with van der Waals surface area (Å²) >= 11 is 0. The number of aromatic nitrogens is 1. The first-order chi connectivity index (χ1) is 14.7. The molecule has 1 heterocycles. The van der Waals surface area contributed by atoms with Crippen LogP contribution < -0.4 is 21.7 Å². The number of ketones is 1. The molecule has 0 aliphatic carbocycles. The van der Waals surface area contributed by atoms with Crippen molar-refractivity contribution in [2.24, 2.45) is 11.7 Å². The van der Waals surface area contributed by atoms with Crippen LogP contribution in [-0.2, 0) is 16.0 Å². The van der Waals surface area contributed by atoms with Crippen molar-refractivity contribution in [1.82, 2.24) is 20.9 Å². The van der Waals surface area contributed by atoms with E-state index >= 15 is 0 Å². The number of rotatable bonds is 12. The molecule has 8 nitrogen and oxygen atoms in total. The van der Waals surface area contributed by atoms with Crippen LogP contribution in [0.15, 0.2) is 30.5 Å². The van der Waals surface area contributed by atoms with Gasteiger partial charge in [-0.3, -0.25) is 9.59 Å². The SMILES string of the molecule is CC(C)N[C@@H](CCCNC(N)=O)C(=O)N[C@@H](Cc1c[nH]c2ccccc12)C(=O)C(C)C. The van der Waals surface area contributed by atoms with E-state index in [0.29, 0.717) is 25.8 Å². The molecule has 0 saturated carbocycles. The number of hydrogen-bond acceptors (Lipinski definition) is 4. The molecule has 2 atom stereocenters. The molecule has 170 valence electrons. The maximum atomic E-state index is 13.1. The van der Waals surface area contributed by atoms with Crippen molar-refractivity contribution in [2.45, 2.75) is 65.1 Å². The largest absolute Gasteiger partial charge is 0.361 e. The van der Waals surface area contributed by atoms with E-state index in [0.717, 1.165) is 16.5 Å². The van der Waals surface area contributed by atoms with Gasteiger partial charge in [-0.05, 0) is 24.5 Å². The smallest absolute Gasteiger partial charge is 0.312 e. The number of urea groups is 1. The van der Waals surface area contributed by atoms with Crippen LogP contribution in [0, 0.1) is 5.92 Å². The predicted octanol–water partition coefficient (Wildman–Crippen LogP) is 2.24. The minimum absolute atomic E-state index is 0.00248. The van der Waals surface area contributed by atoms with Gasteiger partial charge in [0.15, 0.2) is 5.78 Å². The summed E-state index contributed by atoms with van der Waals surface area (Å²) in [6, 6.07) is 6.32. The van der Waals surface area contributed by atoms with Crippen LogP contribution in [0.25, 0.3) is 10.9 Å². The maximum Gasteiger partial charge on any atom is 0.312 e. The molecular formula is C23H35N5O3. The lowest BCUT2D eigenvalue weighted by molar-refractivity contribution is -0.130. The summed E-state index contributed by atoms with van der Waals surface area (Å²) in [5, 5.41) is 9.82.